The Labute approximate surface area is 209 Å². The molecular weight excluding hydrogens is 438 g/mol. The molecule has 2 amide bonds. The van der Waals surface area contributed by atoms with Crippen LogP contribution in [0.25, 0.3) is 0 Å². The first kappa shape index (κ1) is 23.3. The molecular formula is C29H41N3O3. The third kappa shape index (κ3) is 4.36. The summed E-state index contributed by atoms with van der Waals surface area (Å²) in [6, 6.07) is 8.09. The van der Waals surface area contributed by atoms with Gasteiger partial charge in [-0.3, -0.25) is 14.5 Å². The molecule has 7 rings (SSSR count). The zero-order valence-corrected chi connectivity index (χ0v) is 21.2. The molecule has 0 aromatic heterocycles. The maximum Gasteiger partial charge on any atom is 0.242 e. The molecule has 2 atom stereocenters. The molecule has 2 saturated heterocycles. The van der Waals surface area contributed by atoms with Crippen LogP contribution in [-0.4, -0.2) is 60.9 Å². The molecule has 6 aliphatic rings. The van der Waals surface area contributed by atoms with E-state index in [0.717, 1.165) is 75.2 Å². The van der Waals surface area contributed by atoms with Gasteiger partial charge in [0.2, 0.25) is 11.8 Å². The second kappa shape index (κ2) is 9.42. The molecule has 6 heteroatoms. The van der Waals surface area contributed by atoms with Gasteiger partial charge in [-0.1, -0.05) is 12.1 Å². The summed E-state index contributed by atoms with van der Waals surface area (Å²) in [5, 5.41) is 3.28. The highest BCUT2D eigenvalue weighted by molar-refractivity contribution is 5.91. The first-order valence-electron chi connectivity index (χ1n) is 14.0. The van der Waals surface area contributed by atoms with E-state index in [1.165, 1.54) is 37.7 Å². The van der Waals surface area contributed by atoms with Crippen LogP contribution in [0.1, 0.15) is 75.8 Å². The van der Waals surface area contributed by atoms with Gasteiger partial charge in [-0.25, -0.2) is 0 Å². The van der Waals surface area contributed by atoms with Crippen molar-refractivity contribution in [3.8, 4) is 5.75 Å². The predicted octanol–water partition coefficient (Wildman–Crippen LogP) is 4.16. The average molecular weight is 480 g/mol. The van der Waals surface area contributed by atoms with Gasteiger partial charge < -0.3 is 15.0 Å². The van der Waals surface area contributed by atoms with E-state index >= 15 is 0 Å². The third-order valence-electron chi connectivity index (χ3n) is 9.86. The van der Waals surface area contributed by atoms with Gasteiger partial charge >= 0.3 is 0 Å². The van der Waals surface area contributed by atoms with E-state index in [0.29, 0.717) is 12.5 Å². The molecule has 190 valence electrons. The number of hydrogen-bond acceptors (Lipinski definition) is 4. The Morgan fingerprint density at radius 3 is 2.20 bits per heavy atom. The van der Waals surface area contributed by atoms with Crippen molar-refractivity contribution in [2.24, 2.45) is 23.2 Å². The Kier molecular flexibility index (Phi) is 6.28. The standard InChI is InChI=1S/C29H41N3O3/c1-35-24-8-6-23(7-9-24)26(31-10-2-3-11-31)19-30-27(33)25-5-4-12-32(25)28(34)29-16-20-13-21(17-29)15-22(14-20)18-29/h6-9,20-22,25-26H,2-5,10-19H2,1H3,(H,30,33). The highest BCUT2D eigenvalue weighted by atomic mass is 16.5. The SMILES string of the molecule is COc1ccc(C(CNC(=O)C2CCCN2C(=O)C23CC4CC(CC(C4)C2)C3)N2CCCC2)cc1. The summed E-state index contributed by atoms with van der Waals surface area (Å²) < 4.78 is 5.34. The number of rotatable bonds is 7. The highest BCUT2D eigenvalue weighted by Gasteiger charge is 2.56. The number of benzene rings is 1. The third-order valence-corrected chi connectivity index (χ3v) is 9.86. The number of ether oxygens (including phenoxy) is 1. The highest BCUT2D eigenvalue weighted by Crippen LogP contribution is 2.60. The van der Waals surface area contributed by atoms with Crippen LogP contribution in [0, 0.1) is 23.2 Å². The Hall–Kier alpha value is -2.08. The average Bonchev–Trinajstić information content (AvgIpc) is 3.56. The van der Waals surface area contributed by atoms with Gasteiger partial charge in [0.05, 0.1) is 18.6 Å². The fourth-order valence-corrected chi connectivity index (χ4v) is 8.61. The fourth-order valence-electron chi connectivity index (χ4n) is 8.61. The van der Waals surface area contributed by atoms with Gasteiger partial charge in [0.15, 0.2) is 0 Å². The van der Waals surface area contributed by atoms with Gasteiger partial charge in [-0.15, -0.1) is 0 Å². The van der Waals surface area contributed by atoms with Gasteiger partial charge in [-0.05, 0) is 113 Å². The minimum atomic E-state index is -0.300. The van der Waals surface area contributed by atoms with E-state index < -0.39 is 0 Å². The number of nitrogens with one attached hydrogen (secondary N) is 1. The second-order valence-electron chi connectivity index (χ2n) is 12.1. The van der Waals surface area contributed by atoms with E-state index in [4.69, 9.17) is 4.74 Å². The molecule has 1 aromatic rings. The van der Waals surface area contributed by atoms with Crippen LogP contribution >= 0.6 is 0 Å². The van der Waals surface area contributed by atoms with Gasteiger partial charge in [0, 0.05) is 13.1 Å². The fraction of sp³-hybridized carbons (Fsp3) is 0.724. The van der Waals surface area contributed by atoms with Crippen LogP contribution in [0.3, 0.4) is 0 Å². The Bertz CT molecular complexity index is 904. The summed E-state index contributed by atoms with van der Waals surface area (Å²) in [5.41, 5.74) is 1.04. The van der Waals surface area contributed by atoms with Crippen molar-refractivity contribution in [1.29, 1.82) is 0 Å². The van der Waals surface area contributed by atoms with E-state index in [-0.39, 0.29) is 23.4 Å². The van der Waals surface area contributed by atoms with Gasteiger partial charge in [-0.2, -0.15) is 0 Å². The lowest BCUT2D eigenvalue weighted by molar-refractivity contribution is -0.160. The topological polar surface area (TPSA) is 61.9 Å². The van der Waals surface area contributed by atoms with Crippen LogP contribution in [0.15, 0.2) is 24.3 Å². The number of likely N-dealkylation sites (tertiary alicyclic amines) is 2. The molecule has 0 spiro atoms. The monoisotopic (exact) mass is 479 g/mol. The minimum Gasteiger partial charge on any atom is -0.497 e. The van der Waals surface area contributed by atoms with Crippen LogP contribution in [0.4, 0.5) is 0 Å². The van der Waals surface area contributed by atoms with E-state index in [2.05, 4.69) is 22.3 Å². The predicted molar refractivity (Wildman–Crippen MR) is 135 cm³/mol. The summed E-state index contributed by atoms with van der Waals surface area (Å²) in [6.45, 7) is 3.45. The molecule has 4 aliphatic carbocycles. The van der Waals surface area contributed by atoms with Crippen LogP contribution < -0.4 is 10.1 Å². The number of nitrogens with zero attached hydrogens (tertiary/aromatic N) is 2. The van der Waals surface area contributed by atoms with Crippen molar-refractivity contribution in [1.82, 2.24) is 15.1 Å². The van der Waals surface area contributed by atoms with Gasteiger partial charge in [0.1, 0.15) is 11.8 Å². The van der Waals surface area contributed by atoms with Crippen molar-refractivity contribution in [2.75, 3.05) is 33.3 Å². The molecule has 2 heterocycles. The van der Waals surface area contributed by atoms with E-state index in [9.17, 15) is 9.59 Å². The normalized spacial score (nSPS) is 34.8. The van der Waals surface area contributed by atoms with Crippen molar-refractivity contribution in [2.45, 2.75) is 76.3 Å². The number of carbonyl (C=O) groups excluding carboxylic acids is 2. The molecule has 35 heavy (non-hydrogen) atoms. The molecule has 6 nitrogen and oxygen atoms in total. The lowest BCUT2D eigenvalue weighted by atomic mass is 9.49. The van der Waals surface area contributed by atoms with Gasteiger partial charge in [0.25, 0.3) is 0 Å². The van der Waals surface area contributed by atoms with Crippen molar-refractivity contribution in [3.63, 3.8) is 0 Å². The molecule has 2 aliphatic heterocycles. The second-order valence-corrected chi connectivity index (χ2v) is 12.1. The number of hydrogen-bond donors (Lipinski definition) is 1. The van der Waals surface area contributed by atoms with E-state index in [1.807, 2.05) is 17.0 Å². The van der Waals surface area contributed by atoms with Crippen molar-refractivity contribution >= 4 is 11.8 Å². The van der Waals surface area contributed by atoms with Crippen molar-refractivity contribution in [3.05, 3.63) is 29.8 Å². The zero-order valence-electron chi connectivity index (χ0n) is 21.2. The molecule has 4 saturated carbocycles. The number of amides is 2. The molecule has 0 radical (unpaired) electrons. The Morgan fingerprint density at radius 1 is 0.971 bits per heavy atom. The number of methoxy groups -OCH3 is 1. The summed E-state index contributed by atoms with van der Waals surface area (Å²) in [4.78, 5) is 31.9. The smallest absolute Gasteiger partial charge is 0.242 e. The lowest BCUT2D eigenvalue weighted by Crippen LogP contribution is -2.57. The van der Waals surface area contributed by atoms with Crippen LogP contribution in [0.2, 0.25) is 0 Å². The summed E-state index contributed by atoms with van der Waals surface area (Å²) in [6.07, 6.45) is 11.3. The largest absolute Gasteiger partial charge is 0.497 e. The quantitative estimate of drug-likeness (QED) is 0.638. The molecule has 4 bridgehead atoms. The lowest BCUT2D eigenvalue weighted by Gasteiger charge is -2.56. The van der Waals surface area contributed by atoms with E-state index in [1.54, 1.807) is 7.11 Å². The van der Waals surface area contributed by atoms with Crippen LogP contribution in [-0.2, 0) is 9.59 Å². The summed E-state index contributed by atoms with van der Waals surface area (Å²) >= 11 is 0. The molecule has 1 aromatic carbocycles. The van der Waals surface area contributed by atoms with Crippen molar-refractivity contribution < 1.29 is 14.3 Å². The first-order chi connectivity index (χ1) is 17.0. The molecule has 1 N–H and O–H groups in total. The molecule has 2 unspecified atom stereocenters. The summed E-state index contributed by atoms with van der Waals surface area (Å²) in [5.74, 6) is 3.42. The number of carbonyl (C=O) groups is 2. The minimum absolute atomic E-state index is 0.0401. The van der Waals surface area contributed by atoms with Crippen LogP contribution in [0.5, 0.6) is 5.75 Å². The summed E-state index contributed by atoms with van der Waals surface area (Å²) in [7, 11) is 1.69. The maximum atomic E-state index is 14.0. The Morgan fingerprint density at radius 2 is 1.60 bits per heavy atom. The first-order valence-corrected chi connectivity index (χ1v) is 14.0. The Balaban J connectivity index is 1.14. The maximum absolute atomic E-state index is 14.0. The molecule has 6 fully saturated rings. The zero-order chi connectivity index (χ0) is 24.0.